The third-order valence-electron chi connectivity index (χ3n) is 4.28. The van der Waals surface area contributed by atoms with E-state index in [0.29, 0.717) is 38.5 Å². The van der Waals surface area contributed by atoms with E-state index >= 15 is 0 Å². The highest BCUT2D eigenvalue weighted by molar-refractivity contribution is 9.10. The van der Waals surface area contributed by atoms with E-state index < -0.39 is 11.9 Å². The van der Waals surface area contributed by atoms with Gasteiger partial charge < -0.3 is 14.8 Å². The Hall–Kier alpha value is -2.58. The first kappa shape index (κ1) is 24.7. The van der Waals surface area contributed by atoms with Crippen LogP contribution in [0.5, 0.6) is 11.5 Å². The van der Waals surface area contributed by atoms with Gasteiger partial charge in [0.1, 0.15) is 6.04 Å². The summed E-state index contributed by atoms with van der Waals surface area (Å²) in [5, 5.41) is 7.32. The number of ether oxygens (including phenoxy) is 2. The first-order valence-electron chi connectivity index (χ1n) is 9.56. The van der Waals surface area contributed by atoms with E-state index in [1.54, 1.807) is 43.5 Å². The molecule has 9 heteroatoms. The lowest BCUT2D eigenvalue weighted by Crippen LogP contribution is -2.46. The maximum absolute atomic E-state index is 12.7. The second kappa shape index (κ2) is 11.7. The number of hydrazone groups is 1. The number of carbonyl (C=O) groups excluding carboxylic acids is 2. The van der Waals surface area contributed by atoms with Crippen molar-refractivity contribution in [1.29, 1.82) is 0 Å². The molecule has 31 heavy (non-hydrogen) atoms. The average Bonchev–Trinajstić information content (AvgIpc) is 2.72. The zero-order valence-corrected chi connectivity index (χ0v) is 20.1. The highest BCUT2D eigenvalue weighted by Gasteiger charge is 2.22. The third kappa shape index (κ3) is 7.25. The molecule has 2 amide bonds. The van der Waals surface area contributed by atoms with Crippen LogP contribution in [0.2, 0.25) is 5.02 Å². The normalized spacial score (nSPS) is 12.0. The summed E-state index contributed by atoms with van der Waals surface area (Å²) in [5.41, 5.74) is 3.61. The molecule has 0 aliphatic rings. The summed E-state index contributed by atoms with van der Waals surface area (Å²) in [5.74, 6) is 0.507. The Morgan fingerprint density at radius 2 is 1.84 bits per heavy atom. The molecule has 0 saturated heterocycles. The fourth-order valence-electron chi connectivity index (χ4n) is 2.81. The Balaban J connectivity index is 2.09. The van der Waals surface area contributed by atoms with Crippen molar-refractivity contribution in [2.24, 2.45) is 11.0 Å². The van der Waals surface area contributed by atoms with Crippen molar-refractivity contribution in [2.45, 2.75) is 26.3 Å². The van der Waals surface area contributed by atoms with E-state index in [-0.39, 0.29) is 11.8 Å². The van der Waals surface area contributed by atoms with Gasteiger partial charge in [-0.15, -0.1) is 0 Å². The van der Waals surface area contributed by atoms with Crippen LogP contribution in [-0.4, -0.2) is 38.3 Å². The third-order valence-corrected chi connectivity index (χ3v) is 5.12. The number of hydrogen-bond donors (Lipinski definition) is 2. The second-order valence-corrected chi connectivity index (χ2v) is 8.43. The predicted octanol–water partition coefficient (Wildman–Crippen LogP) is 4.41. The van der Waals surface area contributed by atoms with Crippen LogP contribution in [0.1, 0.15) is 36.2 Å². The number of halogens is 2. The number of benzene rings is 2. The molecule has 1 unspecified atom stereocenters. The summed E-state index contributed by atoms with van der Waals surface area (Å²) in [6.07, 6.45) is 1.95. The molecule has 2 N–H and O–H groups in total. The molecule has 166 valence electrons. The van der Waals surface area contributed by atoms with Crippen LogP contribution in [0.4, 0.5) is 0 Å². The van der Waals surface area contributed by atoms with Crippen molar-refractivity contribution in [3.05, 3.63) is 57.0 Å². The van der Waals surface area contributed by atoms with Gasteiger partial charge in [-0.25, -0.2) is 5.43 Å². The van der Waals surface area contributed by atoms with Gasteiger partial charge in [-0.2, -0.15) is 5.10 Å². The van der Waals surface area contributed by atoms with Crippen LogP contribution in [0.25, 0.3) is 0 Å². The fourth-order valence-corrected chi connectivity index (χ4v) is 3.55. The molecule has 0 radical (unpaired) electrons. The summed E-state index contributed by atoms with van der Waals surface area (Å²) in [7, 11) is 3.08. The minimum atomic E-state index is -0.738. The van der Waals surface area contributed by atoms with Crippen molar-refractivity contribution in [2.75, 3.05) is 14.2 Å². The maximum atomic E-state index is 12.7. The van der Waals surface area contributed by atoms with E-state index in [0.717, 1.165) is 0 Å². The molecule has 2 aromatic rings. The Kier molecular flexibility index (Phi) is 9.33. The molecule has 0 bridgehead atoms. The molecule has 0 spiro atoms. The number of rotatable bonds is 9. The van der Waals surface area contributed by atoms with Crippen molar-refractivity contribution >= 4 is 45.6 Å². The van der Waals surface area contributed by atoms with Crippen LogP contribution in [-0.2, 0) is 4.79 Å². The van der Waals surface area contributed by atoms with E-state index in [9.17, 15) is 9.59 Å². The number of methoxy groups -OCH3 is 2. The van der Waals surface area contributed by atoms with Crippen molar-refractivity contribution < 1.29 is 19.1 Å². The van der Waals surface area contributed by atoms with Gasteiger partial charge in [-0.3, -0.25) is 9.59 Å². The molecule has 0 fully saturated rings. The Bertz CT molecular complexity index is 949. The zero-order valence-electron chi connectivity index (χ0n) is 17.7. The van der Waals surface area contributed by atoms with Crippen LogP contribution in [0, 0.1) is 5.92 Å². The lowest BCUT2D eigenvalue weighted by atomic mass is 10.0. The molecule has 1 atom stereocenters. The highest BCUT2D eigenvalue weighted by atomic mass is 79.9. The van der Waals surface area contributed by atoms with E-state index in [1.165, 1.54) is 13.3 Å². The lowest BCUT2D eigenvalue weighted by molar-refractivity contribution is -0.123. The number of hydrogen-bond acceptors (Lipinski definition) is 5. The molecular weight excluding hydrogens is 486 g/mol. The lowest BCUT2D eigenvalue weighted by Gasteiger charge is -2.19. The van der Waals surface area contributed by atoms with Gasteiger partial charge in [-0.1, -0.05) is 25.4 Å². The Morgan fingerprint density at radius 3 is 2.42 bits per heavy atom. The summed E-state index contributed by atoms with van der Waals surface area (Å²) in [6, 6.07) is 9.24. The number of amides is 2. The van der Waals surface area contributed by atoms with E-state index in [2.05, 4.69) is 31.8 Å². The second-order valence-electron chi connectivity index (χ2n) is 7.13. The molecule has 0 aliphatic heterocycles. The van der Waals surface area contributed by atoms with Crippen LogP contribution >= 0.6 is 27.5 Å². The van der Waals surface area contributed by atoms with Crippen molar-refractivity contribution in [3.63, 3.8) is 0 Å². The van der Waals surface area contributed by atoms with Crippen molar-refractivity contribution in [1.82, 2.24) is 10.7 Å². The zero-order chi connectivity index (χ0) is 23.0. The highest BCUT2D eigenvalue weighted by Crippen LogP contribution is 2.35. The Morgan fingerprint density at radius 1 is 1.16 bits per heavy atom. The summed E-state index contributed by atoms with van der Waals surface area (Å²) >= 11 is 9.28. The maximum Gasteiger partial charge on any atom is 0.262 e. The Labute approximate surface area is 195 Å². The van der Waals surface area contributed by atoms with Gasteiger partial charge in [0, 0.05) is 10.6 Å². The first-order chi connectivity index (χ1) is 14.7. The van der Waals surface area contributed by atoms with Crippen LogP contribution in [0.3, 0.4) is 0 Å². The van der Waals surface area contributed by atoms with Crippen LogP contribution < -0.4 is 20.2 Å². The van der Waals surface area contributed by atoms with Gasteiger partial charge in [0.25, 0.3) is 11.8 Å². The van der Waals surface area contributed by atoms with Gasteiger partial charge >= 0.3 is 0 Å². The summed E-state index contributed by atoms with van der Waals surface area (Å²) in [4.78, 5) is 25.2. The van der Waals surface area contributed by atoms with Gasteiger partial charge in [0.05, 0.1) is 24.9 Å². The monoisotopic (exact) mass is 509 g/mol. The van der Waals surface area contributed by atoms with Crippen LogP contribution in [0.15, 0.2) is 46.0 Å². The number of nitrogens with one attached hydrogen (secondary N) is 2. The summed E-state index contributed by atoms with van der Waals surface area (Å²) < 4.78 is 11.3. The predicted molar refractivity (Wildman–Crippen MR) is 125 cm³/mol. The number of nitrogens with zero attached hydrogens (tertiary/aromatic N) is 1. The summed E-state index contributed by atoms with van der Waals surface area (Å²) in [6.45, 7) is 3.94. The van der Waals surface area contributed by atoms with Gasteiger partial charge in [0.15, 0.2) is 11.5 Å². The fraction of sp³-hybridized carbons (Fsp3) is 0.318. The largest absolute Gasteiger partial charge is 0.493 e. The smallest absolute Gasteiger partial charge is 0.262 e. The van der Waals surface area contributed by atoms with E-state index in [4.69, 9.17) is 21.1 Å². The molecule has 0 saturated carbocycles. The SMILES string of the molecule is COc1cc(C=NNC(=O)C(CC(C)C)NC(=O)c2ccc(Cl)cc2)cc(Br)c1OC. The topological polar surface area (TPSA) is 89.0 Å². The molecule has 0 aliphatic carbocycles. The molecule has 2 aromatic carbocycles. The molecule has 0 heterocycles. The standard InChI is InChI=1S/C22H25BrClN3O4/c1-13(2)9-18(26-21(28)15-5-7-16(24)8-6-15)22(29)27-25-12-14-10-17(23)20(31-4)19(11-14)30-3/h5-8,10-13,18H,9H2,1-4H3,(H,26,28)(H,27,29). The quantitative estimate of drug-likeness (QED) is 0.386. The van der Waals surface area contributed by atoms with Crippen molar-refractivity contribution in [3.8, 4) is 11.5 Å². The van der Waals surface area contributed by atoms with Gasteiger partial charge in [-0.05, 0) is 70.2 Å². The molecule has 0 aromatic heterocycles. The molecule has 7 nitrogen and oxygen atoms in total. The minimum absolute atomic E-state index is 0.187. The minimum Gasteiger partial charge on any atom is -0.493 e. The van der Waals surface area contributed by atoms with Gasteiger partial charge in [0.2, 0.25) is 0 Å². The average molecular weight is 511 g/mol. The first-order valence-corrected chi connectivity index (χ1v) is 10.7. The molecular formula is C22H25BrClN3O4. The van der Waals surface area contributed by atoms with E-state index in [1.807, 2.05) is 13.8 Å². The molecule has 2 rings (SSSR count). The number of carbonyl (C=O) groups is 2.